The fourth-order valence-electron chi connectivity index (χ4n) is 4.13. The number of carbonyl (C=O) groups is 1. The van der Waals surface area contributed by atoms with Gasteiger partial charge >= 0.3 is 0 Å². The molecule has 0 spiro atoms. The summed E-state index contributed by atoms with van der Waals surface area (Å²) in [5, 5.41) is 13.2. The molecule has 1 aliphatic heterocycles. The molecule has 1 aromatic heterocycles. The quantitative estimate of drug-likeness (QED) is 0.688. The van der Waals surface area contributed by atoms with E-state index in [9.17, 15) is 14.4 Å². The lowest BCUT2D eigenvalue weighted by Crippen LogP contribution is -2.38. The summed E-state index contributed by atoms with van der Waals surface area (Å²) >= 11 is 0. The minimum atomic E-state index is -0.358. The van der Waals surface area contributed by atoms with Crippen molar-refractivity contribution < 1.29 is 9.18 Å². The van der Waals surface area contributed by atoms with Gasteiger partial charge in [0.25, 0.3) is 0 Å². The van der Waals surface area contributed by atoms with E-state index >= 15 is 0 Å². The third-order valence-electron chi connectivity index (χ3n) is 5.74. The Morgan fingerprint density at radius 3 is 2.67 bits per heavy atom. The second-order valence-corrected chi connectivity index (χ2v) is 7.86. The van der Waals surface area contributed by atoms with Gasteiger partial charge in [0, 0.05) is 36.3 Å². The van der Waals surface area contributed by atoms with Gasteiger partial charge in [0.15, 0.2) is 0 Å². The third kappa shape index (κ3) is 3.84. The fraction of sp³-hybridized carbons (Fsp3) is 0.292. The van der Waals surface area contributed by atoms with Gasteiger partial charge in [-0.3, -0.25) is 9.78 Å². The zero-order valence-corrected chi connectivity index (χ0v) is 17.1. The first-order chi connectivity index (χ1) is 14.5. The first kappa shape index (κ1) is 19.8. The Morgan fingerprint density at radius 2 is 1.97 bits per heavy atom. The number of nitrogens with zero attached hydrogens (tertiary/aromatic N) is 3. The van der Waals surface area contributed by atoms with E-state index in [1.54, 1.807) is 6.07 Å². The van der Waals surface area contributed by atoms with E-state index in [1.165, 1.54) is 18.3 Å². The molecule has 4 rings (SSSR count). The Morgan fingerprint density at radius 1 is 1.20 bits per heavy atom. The van der Waals surface area contributed by atoms with Gasteiger partial charge in [-0.2, -0.15) is 5.26 Å². The maximum Gasteiger partial charge on any atom is 0.227 e. The van der Waals surface area contributed by atoms with Gasteiger partial charge in [-0.25, -0.2) is 4.39 Å². The topological polar surface area (TPSA) is 69.0 Å². The summed E-state index contributed by atoms with van der Waals surface area (Å²) in [6, 6.07) is 12.6. The van der Waals surface area contributed by atoms with E-state index in [2.05, 4.69) is 27.3 Å². The lowest BCUT2D eigenvalue weighted by Gasteiger charge is -2.34. The molecule has 6 heteroatoms. The number of rotatable bonds is 3. The smallest absolute Gasteiger partial charge is 0.227 e. The molecule has 30 heavy (non-hydrogen) atoms. The van der Waals surface area contributed by atoms with E-state index in [0.29, 0.717) is 48.1 Å². The van der Waals surface area contributed by atoms with Gasteiger partial charge < -0.3 is 10.2 Å². The lowest BCUT2D eigenvalue weighted by atomic mass is 9.94. The summed E-state index contributed by atoms with van der Waals surface area (Å²) in [6.45, 7) is 5.26. The second-order valence-electron chi connectivity index (χ2n) is 7.86. The predicted molar refractivity (Wildman–Crippen MR) is 116 cm³/mol. The first-order valence-corrected chi connectivity index (χ1v) is 10.1. The molecule has 0 unspecified atom stereocenters. The highest BCUT2D eigenvalue weighted by atomic mass is 19.1. The van der Waals surface area contributed by atoms with Crippen LogP contribution >= 0.6 is 0 Å². The molecular weight excluding hydrogens is 379 g/mol. The minimum absolute atomic E-state index is 0.0211. The highest BCUT2D eigenvalue weighted by Crippen LogP contribution is 2.33. The lowest BCUT2D eigenvalue weighted by molar-refractivity contribution is -0.120. The Balaban J connectivity index is 1.52. The number of benzene rings is 2. The summed E-state index contributed by atoms with van der Waals surface area (Å²) in [5.41, 5.74) is 4.83. The van der Waals surface area contributed by atoms with Gasteiger partial charge in [0.1, 0.15) is 11.9 Å². The van der Waals surface area contributed by atoms with Gasteiger partial charge in [-0.1, -0.05) is 17.7 Å². The van der Waals surface area contributed by atoms with E-state index in [0.717, 1.165) is 16.8 Å². The molecule has 0 bridgehead atoms. The minimum Gasteiger partial charge on any atom is -0.370 e. The number of amides is 1. The monoisotopic (exact) mass is 402 g/mol. The summed E-state index contributed by atoms with van der Waals surface area (Å²) in [4.78, 5) is 19.1. The number of anilines is 2. The molecule has 0 radical (unpaired) electrons. The van der Waals surface area contributed by atoms with E-state index in [-0.39, 0.29) is 17.6 Å². The van der Waals surface area contributed by atoms with Crippen molar-refractivity contribution in [1.82, 2.24) is 4.98 Å². The zero-order chi connectivity index (χ0) is 21.3. The van der Waals surface area contributed by atoms with Crippen LogP contribution in [0.2, 0.25) is 0 Å². The van der Waals surface area contributed by atoms with Crippen LogP contribution in [0.1, 0.15) is 29.5 Å². The number of piperidine rings is 1. The number of nitrogens with one attached hydrogen (secondary N) is 1. The molecule has 3 aromatic rings. The highest BCUT2D eigenvalue weighted by Gasteiger charge is 2.27. The van der Waals surface area contributed by atoms with Crippen LogP contribution in [0.15, 0.2) is 42.6 Å². The van der Waals surface area contributed by atoms with Crippen molar-refractivity contribution in [3.63, 3.8) is 0 Å². The Hall–Kier alpha value is -3.46. The second kappa shape index (κ2) is 8.11. The first-order valence-electron chi connectivity index (χ1n) is 10.1. The molecule has 1 amide bonds. The number of nitriles is 1. The fourth-order valence-corrected chi connectivity index (χ4v) is 4.13. The molecule has 1 N–H and O–H groups in total. The van der Waals surface area contributed by atoms with Crippen molar-refractivity contribution in [3.8, 4) is 6.07 Å². The van der Waals surface area contributed by atoms with Crippen LogP contribution in [-0.2, 0) is 4.79 Å². The van der Waals surface area contributed by atoms with Crippen molar-refractivity contribution in [2.75, 3.05) is 23.3 Å². The van der Waals surface area contributed by atoms with E-state index in [1.807, 2.05) is 26.0 Å². The number of carbonyl (C=O) groups excluding carboxylic acids is 1. The van der Waals surface area contributed by atoms with Crippen molar-refractivity contribution in [2.24, 2.45) is 5.92 Å². The van der Waals surface area contributed by atoms with Crippen molar-refractivity contribution in [2.45, 2.75) is 26.7 Å². The van der Waals surface area contributed by atoms with Crippen LogP contribution in [0, 0.1) is 36.9 Å². The normalized spacial score (nSPS) is 14.5. The maximum atomic E-state index is 13.9. The standard InChI is InChI=1S/C24H23FN4O/c1-15-3-5-21(16(2)11-15)28-24(30)17-7-9-29(10-8-17)23-18(13-26)14-27-22-6-4-19(25)12-20(22)23/h3-6,11-12,14,17H,7-10H2,1-2H3,(H,28,30). The van der Waals surface area contributed by atoms with Gasteiger partial charge in [0.2, 0.25) is 5.91 Å². The maximum absolute atomic E-state index is 13.9. The van der Waals surface area contributed by atoms with Crippen LogP contribution in [0.3, 0.4) is 0 Å². The molecule has 2 heterocycles. The van der Waals surface area contributed by atoms with Crippen LogP contribution < -0.4 is 10.2 Å². The predicted octanol–water partition coefficient (Wildman–Crippen LogP) is 4.72. The molecular formula is C24H23FN4O. The molecule has 1 fully saturated rings. The Labute approximate surface area is 175 Å². The molecule has 0 saturated carbocycles. The molecule has 5 nitrogen and oxygen atoms in total. The van der Waals surface area contributed by atoms with Gasteiger partial charge in [-0.15, -0.1) is 0 Å². The van der Waals surface area contributed by atoms with Gasteiger partial charge in [0.05, 0.1) is 16.8 Å². The molecule has 2 aromatic carbocycles. The third-order valence-corrected chi connectivity index (χ3v) is 5.74. The van der Waals surface area contributed by atoms with Crippen LogP contribution in [0.25, 0.3) is 10.9 Å². The highest BCUT2D eigenvalue weighted by molar-refractivity contribution is 5.95. The number of aryl methyl sites for hydroxylation is 2. The van der Waals surface area contributed by atoms with Crippen LogP contribution in [0.5, 0.6) is 0 Å². The molecule has 1 aliphatic rings. The molecule has 152 valence electrons. The summed E-state index contributed by atoms with van der Waals surface area (Å²) in [7, 11) is 0. The Bertz CT molecular complexity index is 1160. The van der Waals surface area contributed by atoms with Gasteiger partial charge in [-0.05, 0) is 56.5 Å². The molecule has 0 atom stereocenters. The summed E-state index contributed by atoms with van der Waals surface area (Å²) in [6.07, 6.45) is 2.87. The number of halogens is 1. The number of pyridine rings is 1. The number of aromatic nitrogens is 1. The van der Waals surface area contributed by atoms with Crippen LogP contribution in [0.4, 0.5) is 15.8 Å². The average molecular weight is 402 g/mol. The van der Waals surface area contributed by atoms with Crippen molar-refractivity contribution >= 4 is 28.2 Å². The SMILES string of the molecule is Cc1ccc(NC(=O)C2CCN(c3c(C#N)cnc4ccc(F)cc34)CC2)c(C)c1. The number of fused-ring (bicyclic) bond motifs is 1. The summed E-state index contributed by atoms with van der Waals surface area (Å²) < 4.78 is 13.9. The zero-order valence-electron chi connectivity index (χ0n) is 17.1. The molecule has 1 saturated heterocycles. The average Bonchev–Trinajstić information content (AvgIpc) is 2.75. The van der Waals surface area contributed by atoms with Crippen LogP contribution in [-0.4, -0.2) is 24.0 Å². The molecule has 0 aliphatic carbocycles. The summed E-state index contributed by atoms with van der Waals surface area (Å²) in [5.74, 6) is -0.437. The van der Waals surface area contributed by atoms with E-state index < -0.39 is 0 Å². The van der Waals surface area contributed by atoms with E-state index in [4.69, 9.17) is 0 Å². The Kier molecular flexibility index (Phi) is 5.37. The van der Waals surface area contributed by atoms with Crippen molar-refractivity contribution in [3.05, 3.63) is 65.1 Å². The van der Waals surface area contributed by atoms with Crippen molar-refractivity contribution in [1.29, 1.82) is 5.26 Å². The number of hydrogen-bond donors (Lipinski definition) is 1. The largest absolute Gasteiger partial charge is 0.370 e. The number of hydrogen-bond acceptors (Lipinski definition) is 4.